The number of hydrogen-bond acceptors (Lipinski definition) is 5. The molecule has 1 aliphatic heterocycles. The number of rotatable bonds is 1. The number of nitrogens with zero attached hydrogens (tertiary/aromatic N) is 3. The van der Waals surface area contributed by atoms with E-state index >= 15 is 0 Å². The summed E-state index contributed by atoms with van der Waals surface area (Å²) >= 11 is 0. The van der Waals surface area contributed by atoms with Crippen LogP contribution in [0, 0.1) is 18.3 Å². The van der Waals surface area contributed by atoms with Crippen LogP contribution in [0.2, 0.25) is 0 Å². The number of hydrogen-bond donors (Lipinski definition) is 1. The summed E-state index contributed by atoms with van der Waals surface area (Å²) in [5.41, 5.74) is 6.75. The second-order valence-corrected chi connectivity index (χ2v) is 3.95. The number of aryl methyl sites for hydroxylation is 1. The summed E-state index contributed by atoms with van der Waals surface area (Å²) in [7, 11) is 0. The molecule has 2 heterocycles. The summed E-state index contributed by atoms with van der Waals surface area (Å²) in [6.07, 6.45) is 2.04. The number of nitrogens with two attached hydrogens (primary N) is 1. The van der Waals surface area contributed by atoms with Gasteiger partial charge in [0.1, 0.15) is 23.3 Å². The molecule has 1 aromatic rings. The SMILES string of the molecule is Cc1nc(C2CCCOC2)nc(N)c1C#N. The molecule has 1 fully saturated rings. The van der Waals surface area contributed by atoms with E-state index in [0.29, 0.717) is 23.7 Å². The molecule has 0 aliphatic carbocycles. The van der Waals surface area contributed by atoms with Gasteiger partial charge in [0, 0.05) is 12.5 Å². The molecule has 0 aromatic carbocycles. The fraction of sp³-hybridized carbons (Fsp3) is 0.545. The van der Waals surface area contributed by atoms with E-state index in [0.717, 1.165) is 19.4 Å². The highest BCUT2D eigenvalue weighted by Crippen LogP contribution is 2.24. The molecule has 1 aromatic heterocycles. The van der Waals surface area contributed by atoms with Crippen LogP contribution in [0.3, 0.4) is 0 Å². The van der Waals surface area contributed by atoms with Crippen molar-refractivity contribution in [1.82, 2.24) is 9.97 Å². The topological polar surface area (TPSA) is 84.8 Å². The van der Waals surface area contributed by atoms with Crippen molar-refractivity contribution < 1.29 is 4.74 Å². The van der Waals surface area contributed by atoms with Gasteiger partial charge >= 0.3 is 0 Å². The summed E-state index contributed by atoms with van der Waals surface area (Å²) in [6.45, 7) is 3.23. The Morgan fingerprint density at radius 3 is 2.88 bits per heavy atom. The van der Waals surface area contributed by atoms with Gasteiger partial charge in [-0.1, -0.05) is 0 Å². The molecule has 84 valence electrons. The molecule has 5 nitrogen and oxygen atoms in total. The van der Waals surface area contributed by atoms with E-state index in [1.807, 2.05) is 6.07 Å². The Hall–Kier alpha value is -1.67. The minimum absolute atomic E-state index is 0.211. The largest absolute Gasteiger partial charge is 0.382 e. The van der Waals surface area contributed by atoms with Gasteiger partial charge in [0.05, 0.1) is 12.3 Å². The molecular formula is C11H14N4O. The standard InChI is InChI=1S/C11H14N4O/c1-7-9(5-12)10(13)15-11(14-7)8-3-2-4-16-6-8/h8H,2-4,6H2,1H3,(H2,13,14,15). The molecule has 5 heteroatoms. The second kappa shape index (κ2) is 4.45. The number of nitrogen functional groups attached to an aromatic ring is 1. The Bertz CT molecular complexity index is 409. The van der Waals surface area contributed by atoms with Crippen LogP contribution in [0.15, 0.2) is 0 Å². The Balaban J connectivity index is 2.32. The molecule has 1 unspecified atom stereocenters. The highest BCUT2D eigenvalue weighted by atomic mass is 16.5. The Kier molecular flexibility index (Phi) is 3.02. The van der Waals surface area contributed by atoms with E-state index in [1.54, 1.807) is 6.92 Å². The van der Waals surface area contributed by atoms with E-state index in [1.165, 1.54) is 0 Å². The Morgan fingerprint density at radius 1 is 1.50 bits per heavy atom. The third kappa shape index (κ3) is 1.97. The van der Waals surface area contributed by atoms with E-state index in [-0.39, 0.29) is 11.7 Å². The van der Waals surface area contributed by atoms with Gasteiger partial charge in [0.2, 0.25) is 0 Å². The fourth-order valence-electron chi connectivity index (χ4n) is 1.88. The lowest BCUT2D eigenvalue weighted by Gasteiger charge is -2.21. The molecule has 1 aliphatic rings. The fourth-order valence-corrected chi connectivity index (χ4v) is 1.88. The zero-order valence-corrected chi connectivity index (χ0v) is 9.23. The summed E-state index contributed by atoms with van der Waals surface area (Å²) in [5.74, 6) is 1.19. The van der Waals surface area contributed by atoms with Gasteiger partial charge in [0.15, 0.2) is 0 Å². The van der Waals surface area contributed by atoms with E-state index in [9.17, 15) is 0 Å². The highest BCUT2D eigenvalue weighted by Gasteiger charge is 2.20. The monoisotopic (exact) mass is 218 g/mol. The molecule has 2 rings (SSSR count). The average Bonchev–Trinajstić information content (AvgIpc) is 2.30. The van der Waals surface area contributed by atoms with E-state index in [4.69, 9.17) is 15.7 Å². The molecule has 0 radical (unpaired) electrons. The van der Waals surface area contributed by atoms with Gasteiger partial charge in [0.25, 0.3) is 0 Å². The van der Waals surface area contributed by atoms with Crippen molar-refractivity contribution in [2.45, 2.75) is 25.7 Å². The first kappa shape index (κ1) is 10.8. The molecule has 0 bridgehead atoms. The van der Waals surface area contributed by atoms with Crippen molar-refractivity contribution in [2.24, 2.45) is 0 Å². The normalized spacial score (nSPS) is 20.4. The van der Waals surface area contributed by atoms with Crippen LogP contribution in [0.1, 0.15) is 35.8 Å². The number of ether oxygens (including phenoxy) is 1. The van der Waals surface area contributed by atoms with Gasteiger partial charge in [-0.2, -0.15) is 5.26 Å². The Labute approximate surface area is 94.3 Å². The van der Waals surface area contributed by atoms with Crippen LogP contribution >= 0.6 is 0 Å². The minimum atomic E-state index is 0.211. The first-order valence-electron chi connectivity index (χ1n) is 5.34. The maximum absolute atomic E-state index is 8.87. The van der Waals surface area contributed by atoms with Gasteiger partial charge in [-0.15, -0.1) is 0 Å². The van der Waals surface area contributed by atoms with Crippen LogP contribution in [-0.4, -0.2) is 23.2 Å². The maximum atomic E-state index is 8.87. The van der Waals surface area contributed by atoms with E-state index in [2.05, 4.69) is 9.97 Å². The highest BCUT2D eigenvalue weighted by molar-refractivity contribution is 5.50. The third-order valence-corrected chi connectivity index (χ3v) is 2.77. The minimum Gasteiger partial charge on any atom is -0.382 e. The van der Waals surface area contributed by atoms with Crippen molar-refractivity contribution >= 4 is 5.82 Å². The zero-order valence-electron chi connectivity index (χ0n) is 9.23. The predicted octanol–water partition coefficient (Wildman–Crippen LogP) is 1.13. The van der Waals surface area contributed by atoms with Crippen molar-refractivity contribution in [2.75, 3.05) is 18.9 Å². The zero-order chi connectivity index (χ0) is 11.5. The van der Waals surface area contributed by atoms with E-state index < -0.39 is 0 Å². The lowest BCUT2D eigenvalue weighted by Crippen LogP contribution is -2.19. The van der Waals surface area contributed by atoms with Crippen molar-refractivity contribution in [3.8, 4) is 6.07 Å². The first-order chi connectivity index (χ1) is 7.72. The molecule has 0 amide bonds. The smallest absolute Gasteiger partial charge is 0.145 e. The molecule has 16 heavy (non-hydrogen) atoms. The number of anilines is 1. The lowest BCUT2D eigenvalue weighted by molar-refractivity contribution is 0.0780. The van der Waals surface area contributed by atoms with Crippen LogP contribution in [0.5, 0.6) is 0 Å². The Morgan fingerprint density at radius 2 is 2.31 bits per heavy atom. The third-order valence-electron chi connectivity index (χ3n) is 2.77. The summed E-state index contributed by atoms with van der Waals surface area (Å²) in [5, 5.41) is 8.87. The predicted molar refractivity (Wildman–Crippen MR) is 58.7 cm³/mol. The van der Waals surface area contributed by atoms with Gasteiger partial charge < -0.3 is 10.5 Å². The molecule has 1 saturated heterocycles. The molecule has 0 saturated carbocycles. The van der Waals surface area contributed by atoms with Crippen LogP contribution in [-0.2, 0) is 4.74 Å². The van der Waals surface area contributed by atoms with Crippen LogP contribution < -0.4 is 5.73 Å². The quantitative estimate of drug-likeness (QED) is 0.763. The second-order valence-electron chi connectivity index (χ2n) is 3.95. The summed E-state index contributed by atoms with van der Waals surface area (Å²) in [4.78, 5) is 8.53. The number of nitriles is 1. The van der Waals surface area contributed by atoms with Crippen LogP contribution in [0.25, 0.3) is 0 Å². The van der Waals surface area contributed by atoms with Gasteiger partial charge in [-0.25, -0.2) is 9.97 Å². The first-order valence-corrected chi connectivity index (χ1v) is 5.34. The molecule has 2 N–H and O–H groups in total. The van der Waals surface area contributed by atoms with Crippen molar-refractivity contribution in [3.05, 3.63) is 17.1 Å². The summed E-state index contributed by atoms with van der Waals surface area (Å²) in [6, 6.07) is 2.01. The van der Waals surface area contributed by atoms with Gasteiger partial charge in [-0.3, -0.25) is 0 Å². The van der Waals surface area contributed by atoms with Crippen LogP contribution in [0.4, 0.5) is 5.82 Å². The summed E-state index contributed by atoms with van der Waals surface area (Å²) < 4.78 is 5.39. The van der Waals surface area contributed by atoms with Gasteiger partial charge in [-0.05, 0) is 19.8 Å². The van der Waals surface area contributed by atoms with Crippen molar-refractivity contribution in [1.29, 1.82) is 5.26 Å². The molecular weight excluding hydrogens is 204 g/mol. The molecule has 0 spiro atoms. The number of aromatic nitrogens is 2. The molecule has 1 atom stereocenters. The lowest BCUT2D eigenvalue weighted by atomic mass is 10.0. The average molecular weight is 218 g/mol. The van der Waals surface area contributed by atoms with Crippen molar-refractivity contribution in [3.63, 3.8) is 0 Å². The maximum Gasteiger partial charge on any atom is 0.145 e.